The molecule has 4 rings (SSSR count). The molecule has 0 aromatic carbocycles. The van der Waals surface area contributed by atoms with E-state index in [9.17, 15) is 15.0 Å². The first-order chi connectivity index (χ1) is 12.8. The van der Waals surface area contributed by atoms with E-state index in [4.69, 9.17) is 0 Å². The molecule has 0 aromatic heterocycles. The van der Waals surface area contributed by atoms with Crippen LogP contribution in [0.15, 0.2) is 0 Å². The van der Waals surface area contributed by atoms with E-state index in [1.165, 1.54) is 25.7 Å². The first-order valence-corrected chi connectivity index (χ1v) is 11.6. The lowest BCUT2D eigenvalue weighted by atomic mass is 9.43. The van der Waals surface area contributed by atoms with Crippen molar-refractivity contribution < 1.29 is 15.0 Å². The summed E-state index contributed by atoms with van der Waals surface area (Å²) in [6, 6.07) is 0. The largest absolute Gasteiger partial charge is 0.393 e. The Labute approximate surface area is 165 Å². The van der Waals surface area contributed by atoms with Gasteiger partial charge in [-0.3, -0.25) is 0 Å². The fraction of sp³-hybridized carbons (Fsp3) is 0.958. The standard InChI is InChI=1S/C24H40O3/c1-15(5-4-12-25)18-6-7-19-22-20(9-11-24(18,19)3)23(2)10-8-17(26)13-16(23)14-21(22)27/h12,15-22,26-27H,4-11,13-14H2,1-3H3/t15?,16-,17+,18?,19?,20?,21-,22-,23-,24+/m0/s1. The average Bonchev–Trinajstić information content (AvgIpc) is 2.98. The molecular weight excluding hydrogens is 336 g/mol. The number of hydrogen-bond donors (Lipinski definition) is 2. The Hall–Kier alpha value is -0.410. The molecule has 0 spiro atoms. The predicted molar refractivity (Wildman–Crippen MR) is 107 cm³/mol. The monoisotopic (exact) mass is 376 g/mol. The van der Waals surface area contributed by atoms with Crippen molar-refractivity contribution in [1.82, 2.24) is 0 Å². The fourth-order valence-electron chi connectivity index (χ4n) is 8.71. The third-order valence-electron chi connectivity index (χ3n) is 10.2. The summed E-state index contributed by atoms with van der Waals surface area (Å²) in [5.41, 5.74) is 0.646. The van der Waals surface area contributed by atoms with E-state index in [0.29, 0.717) is 52.8 Å². The summed E-state index contributed by atoms with van der Waals surface area (Å²) in [4.78, 5) is 10.9. The Kier molecular flexibility index (Phi) is 5.25. The lowest BCUT2D eigenvalue weighted by molar-refractivity contribution is -0.174. The molecule has 0 saturated heterocycles. The molecule has 0 bridgehead atoms. The van der Waals surface area contributed by atoms with Gasteiger partial charge in [0.2, 0.25) is 0 Å². The van der Waals surface area contributed by atoms with Crippen molar-refractivity contribution in [1.29, 1.82) is 0 Å². The fourth-order valence-corrected chi connectivity index (χ4v) is 8.71. The van der Waals surface area contributed by atoms with Crippen molar-refractivity contribution >= 4 is 6.29 Å². The Morgan fingerprint density at radius 3 is 2.44 bits per heavy atom. The van der Waals surface area contributed by atoms with Gasteiger partial charge in [-0.2, -0.15) is 0 Å². The average molecular weight is 377 g/mol. The van der Waals surface area contributed by atoms with Crippen LogP contribution >= 0.6 is 0 Å². The second kappa shape index (κ2) is 7.13. The summed E-state index contributed by atoms with van der Waals surface area (Å²) in [5.74, 6) is 3.51. The zero-order valence-corrected chi connectivity index (χ0v) is 17.6. The zero-order valence-electron chi connectivity index (χ0n) is 17.6. The van der Waals surface area contributed by atoms with Crippen molar-refractivity contribution in [3.8, 4) is 0 Å². The van der Waals surface area contributed by atoms with Crippen LogP contribution in [0, 0.1) is 46.3 Å². The van der Waals surface area contributed by atoms with E-state index in [1.807, 2.05) is 0 Å². The molecule has 2 N–H and O–H groups in total. The molecule has 10 atom stereocenters. The number of aliphatic hydroxyl groups is 2. The number of hydrogen-bond acceptors (Lipinski definition) is 3. The van der Waals surface area contributed by atoms with Crippen molar-refractivity contribution in [3.63, 3.8) is 0 Å². The smallest absolute Gasteiger partial charge is 0.120 e. The summed E-state index contributed by atoms with van der Waals surface area (Å²) in [5, 5.41) is 21.4. The SMILES string of the molecule is CC(CCC=O)C1CCC2[C@H]3C(CC[C@]12C)[C@@]1(C)CC[C@@H](O)C[C@H]1C[C@@H]3O. The predicted octanol–water partition coefficient (Wildman–Crippen LogP) is 4.59. The van der Waals surface area contributed by atoms with E-state index in [1.54, 1.807) is 0 Å². The van der Waals surface area contributed by atoms with E-state index in [0.717, 1.165) is 38.4 Å². The summed E-state index contributed by atoms with van der Waals surface area (Å²) in [6.07, 6.45) is 11.4. The molecule has 0 aliphatic heterocycles. The van der Waals surface area contributed by atoms with Gasteiger partial charge in [0, 0.05) is 6.42 Å². The molecule has 3 heteroatoms. The van der Waals surface area contributed by atoms with Crippen LogP contribution in [0.2, 0.25) is 0 Å². The summed E-state index contributed by atoms with van der Waals surface area (Å²) in [6.45, 7) is 7.34. The highest BCUT2D eigenvalue weighted by molar-refractivity contribution is 5.49. The molecule has 0 heterocycles. The quantitative estimate of drug-likeness (QED) is 0.706. The first kappa shape index (κ1) is 19.9. The second-order valence-corrected chi connectivity index (χ2v) is 11.2. The van der Waals surface area contributed by atoms with E-state index in [2.05, 4.69) is 20.8 Å². The molecule has 27 heavy (non-hydrogen) atoms. The van der Waals surface area contributed by atoms with Crippen LogP contribution in [-0.2, 0) is 4.79 Å². The third kappa shape index (κ3) is 3.03. The van der Waals surface area contributed by atoms with Crippen LogP contribution in [0.1, 0.15) is 85.0 Å². The van der Waals surface area contributed by atoms with E-state index in [-0.39, 0.29) is 12.2 Å². The highest BCUT2D eigenvalue weighted by atomic mass is 16.3. The van der Waals surface area contributed by atoms with Gasteiger partial charge in [-0.1, -0.05) is 20.8 Å². The topological polar surface area (TPSA) is 57.5 Å². The minimum atomic E-state index is -0.188. The third-order valence-corrected chi connectivity index (χ3v) is 10.2. The van der Waals surface area contributed by atoms with Gasteiger partial charge < -0.3 is 15.0 Å². The number of carbonyl (C=O) groups is 1. The summed E-state index contributed by atoms with van der Waals surface area (Å²) < 4.78 is 0. The highest BCUT2D eigenvalue weighted by Crippen LogP contribution is 2.68. The molecule has 154 valence electrons. The van der Waals surface area contributed by atoms with Gasteiger partial charge in [0.25, 0.3) is 0 Å². The molecule has 4 fully saturated rings. The maximum absolute atomic E-state index is 11.2. The van der Waals surface area contributed by atoms with Crippen LogP contribution in [0.4, 0.5) is 0 Å². The Balaban J connectivity index is 1.58. The van der Waals surface area contributed by atoms with Gasteiger partial charge in [0.1, 0.15) is 6.29 Å². The zero-order chi connectivity index (χ0) is 19.4. The number of fused-ring (bicyclic) bond motifs is 5. The Morgan fingerprint density at radius 2 is 1.70 bits per heavy atom. The van der Waals surface area contributed by atoms with Crippen molar-refractivity contribution in [3.05, 3.63) is 0 Å². The minimum Gasteiger partial charge on any atom is -0.393 e. The van der Waals surface area contributed by atoms with Crippen molar-refractivity contribution in [2.75, 3.05) is 0 Å². The minimum absolute atomic E-state index is 0.157. The van der Waals surface area contributed by atoms with Crippen LogP contribution in [-0.4, -0.2) is 28.7 Å². The van der Waals surface area contributed by atoms with Crippen LogP contribution < -0.4 is 0 Å². The molecule has 4 aliphatic carbocycles. The molecule has 4 unspecified atom stereocenters. The van der Waals surface area contributed by atoms with Crippen molar-refractivity contribution in [2.45, 2.75) is 97.2 Å². The Bertz CT molecular complexity index is 562. The van der Waals surface area contributed by atoms with Gasteiger partial charge in [0.15, 0.2) is 0 Å². The van der Waals surface area contributed by atoms with Gasteiger partial charge >= 0.3 is 0 Å². The molecule has 4 saturated carbocycles. The van der Waals surface area contributed by atoms with Gasteiger partial charge in [-0.15, -0.1) is 0 Å². The summed E-state index contributed by atoms with van der Waals surface area (Å²) in [7, 11) is 0. The molecule has 0 amide bonds. The molecule has 0 aromatic rings. The van der Waals surface area contributed by atoms with Gasteiger partial charge in [0.05, 0.1) is 12.2 Å². The molecule has 3 nitrogen and oxygen atoms in total. The van der Waals surface area contributed by atoms with Gasteiger partial charge in [-0.25, -0.2) is 0 Å². The Morgan fingerprint density at radius 1 is 1.00 bits per heavy atom. The second-order valence-electron chi connectivity index (χ2n) is 11.2. The van der Waals surface area contributed by atoms with Crippen molar-refractivity contribution in [2.24, 2.45) is 46.3 Å². The van der Waals surface area contributed by atoms with Crippen LogP contribution in [0.5, 0.6) is 0 Å². The van der Waals surface area contributed by atoms with E-state index < -0.39 is 0 Å². The number of carbonyl (C=O) groups excluding carboxylic acids is 1. The van der Waals surface area contributed by atoms with Crippen LogP contribution in [0.25, 0.3) is 0 Å². The van der Waals surface area contributed by atoms with Crippen LogP contribution in [0.3, 0.4) is 0 Å². The van der Waals surface area contributed by atoms with Gasteiger partial charge in [-0.05, 0) is 104 Å². The normalized spacial score (nSPS) is 53.1. The van der Waals surface area contributed by atoms with E-state index >= 15 is 0 Å². The maximum Gasteiger partial charge on any atom is 0.120 e. The summed E-state index contributed by atoms with van der Waals surface area (Å²) >= 11 is 0. The lowest BCUT2D eigenvalue weighted by Crippen LogP contribution is -2.58. The molecular formula is C24H40O3. The number of aliphatic hydroxyl groups excluding tert-OH is 2. The molecule has 0 radical (unpaired) electrons. The number of rotatable bonds is 4. The molecule has 4 aliphatic rings. The first-order valence-electron chi connectivity index (χ1n) is 11.6. The number of aldehydes is 1. The highest BCUT2D eigenvalue weighted by Gasteiger charge is 2.62. The lowest BCUT2D eigenvalue weighted by Gasteiger charge is -2.62. The maximum atomic E-state index is 11.2.